The molecule has 1 atom stereocenters. The average Bonchev–Trinajstić information content (AvgIpc) is 3.05. The van der Waals surface area contributed by atoms with Crippen molar-refractivity contribution in [3.63, 3.8) is 0 Å². The second-order valence-electron chi connectivity index (χ2n) is 6.33. The number of sulfonamides is 1. The molecule has 142 valence electrons. The Labute approximate surface area is 163 Å². The monoisotopic (exact) mass is 405 g/mol. The summed E-state index contributed by atoms with van der Waals surface area (Å²) in [6.07, 6.45) is 1.88. The lowest BCUT2D eigenvalue weighted by atomic mass is 9.97. The summed E-state index contributed by atoms with van der Waals surface area (Å²) in [6, 6.07) is 14.1. The number of para-hydroxylation sites is 1. The molecule has 1 unspecified atom stereocenters. The van der Waals surface area contributed by atoms with Gasteiger partial charge in [-0.25, -0.2) is 13.4 Å². The van der Waals surface area contributed by atoms with Gasteiger partial charge in [-0.1, -0.05) is 48.9 Å². The lowest BCUT2D eigenvalue weighted by Crippen LogP contribution is -2.26. The number of hydrogen-bond donors (Lipinski definition) is 1. The van der Waals surface area contributed by atoms with Crippen LogP contribution in [0.1, 0.15) is 36.9 Å². The lowest BCUT2D eigenvalue weighted by Gasteiger charge is -2.21. The number of amides is 1. The molecule has 1 aliphatic heterocycles. The van der Waals surface area contributed by atoms with Crippen molar-refractivity contribution in [3.05, 3.63) is 64.7 Å². The third-order valence-electron chi connectivity index (χ3n) is 4.24. The van der Waals surface area contributed by atoms with E-state index < -0.39 is 10.0 Å². The maximum absolute atomic E-state index is 12.4. The molecular formula is C19H20ClN3O3S. The highest BCUT2D eigenvalue weighted by molar-refractivity contribution is 7.92. The van der Waals surface area contributed by atoms with Gasteiger partial charge in [0, 0.05) is 23.4 Å². The van der Waals surface area contributed by atoms with Crippen molar-refractivity contribution in [2.75, 3.05) is 11.0 Å². The van der Waals surface area contributed by atoms with Crippen LogP contribution < -0.4 is 4.72 Å². The minimum absolute atomic E-state index is 0.108. The predicted octanol–water partition coefficient (Wildman–Crippen LogP) is 3.80. The van der Waals surface area contributed by atoms with Gasteiger partial charge in [-0.15, -0.1) is 0 Å². The zero-order valence-corrected chi connectivity index (χ0v) is 16.6. The van der Waals surface area contributed by atoms with E-state index in [1.165, 1.54) is 5.01 Å². The van der Waals surface area contributed by atoms with E-state index in [0.29, 0.717) is 34.8 Å². The normalized spacial score (nSPS) is 16.9. The number of carbonyl (C=O) groups is 1. The van der Waals surface area contributed by atoms with Gasteiger partial charge in [-0.3, -0.25) is 9.52 Å². The standard InChI is InChI=1S/C19H20ClN3O3S/c1-3-19(24)23-18(13-7-6-8-14(20)11-13)12-17(21-23)15-9-4-5-10-16(15)22-27(2,25)26/h4-11,18,22H,3,12H2,1-2H3. The van der Waals surface area contributed by atoms with E-state index in [-0.39, 0.29) is 11.9 Å². The molecule has 0 spiro atoms. The highest BCUT2D eigenvalue weighted by Crippen LogP contribution is 2.35. The summed E-state index contributed by atoms with van der Waals surface area (Å²) < 4.78 is 25.9. The predicted molar refractivity (Wildman–Crippen MR) is 107 cm³/mol. The highest BCUT2D eigenvalue weighted by Gasteiger charge is 2.33. The van der Waals surface area contributed by atoms with E-state index in [4.69, 9.17) is 11.6 Å². The number of benzene rings is 2. The first kappa shape index (κ1) is 19.4. The van der Waals surface area contributed by atoms with Crippen molar-refractivity contribution in [1.82, 2.24) is 5.01 Å². The summed E-state index contributed by atoms with van der Waals surface area (Å²) in [5, 5.41) is 6.59. The highest BCUT2D eigenvalue weighted by atomic mass is 35.5. The molecule has 0 radical (unpaired) electrons. The number of rotatable bonds is 5. The van der Waals surface area contributed by atoms with Gasteiger partial charge in [-0.2, -0.15) is 5.10 Å². The summed E-state index contributed by atoms with van der Waals surface area (Å²) in [4.78, 5) is 12.4. The zero-order valence-electron chi connectivity index (χ0n) is 15.0. The Kier molecular flexibility index (Phi) is 5.53. The topological polar surface area (TPSA) is 78.8 Å². The first-order valence-corrected chi connectivity index (χ1v) is 10.8. The Morgan fingerprint density at radius 2 is 2.00 bits per heavy atom. The molecular weight excluding hydrogens is 386 g/mol. The molecule has 0 aromatic heterocycles. The molecule has 27 heavy (non-hydrogen) atoms. The number of carbonyl (C=O) groups excluding carboxylic acids is 1. The molecule has 0 fully saturated rings. The third-order valence-corrected chi connectivity index (χ3v) is 5.06. The fraction of sp³-hybridized carbons (Fsp3) is 0.263. The number of hydrogen-bond acceptors (Lipinski definition) is 4. The molecule has 0 aliphatic carbocycles. The average molecular weight is 406 g/mol. The molecule has 2 aromatic carbocycles. The van der Waals surface area contributed by atoms with Crippen molar-refractivity contribution < 1.29 is 13.2 Å². The molecule has 1 amide bonds. The second-order valence-corrected chi connectivity index (χ2v) is 8.52. The van der Waals surface area contributed by atoms with Gasteiger partial charge in [0.25, 0.3) is 0 Å². The van der Waals surface area contributed by atoms with Gasteiger partial charge >= 0.3 is 0 Å². The van der Waals surface area contributed by atoms with Crippen molar-refractivity contribution in [2.45, 2.75) is 25.8 Å². The van der Waals surface area contributed by atoms with Crippen LogP contribution in [-0.2, 0) is 14.8 Å². The molecule has 0 bridgehead atoms. The van der Waals surface area contributed by atoms with E-state index in [1.54, 1.807) is 31.2 Å². The first-order chi connectivity index (χ1) is 12.8. The van der Waals surface area contributed by atoms with Crippen LogP contribution >= 0.6 is 11.6 Å². The summed E-state index contributed by atoms with van der Waals surface area (Å²) in [5.41, 5.74) is 2.63. The maximum atomic E-state index is 12.4. The van der Waals surface area contributed by atoms with Crippen molar-refractivity contribution in [1.29, 1.82) is 0 Å². The fourth-order valence-electron chi connectivity index (χ4n) is 3.06. The Bertz CT molecular complexity index is 1000. The Morgan fingerprint density at radius 1 is 1.26 bits per heavy atom. The largest absolute Gasteiger partial charge is 0.283 e. The van der Waals surface area contributed by atoms with Crippen LogP contribution in [0.2, 0.25) is 5.02 Å². The molecule has 1 aliphatic rings. The molecule has 8 heteroatoms. The minimum atomic E-state index is -3.44. The third kappa shape index (κ3) is 4.48. The molecule has 3 rings (SSSR count). The van der Waals surface area contributed by atoms with Gasteiger partial charge in [0.2, 0.25) is 15.9 Å². The van der Waals surface area contributed by atoms with Gasteiger partial charge in [0.05, 0.1) is 23.7 Å². The molecule has 1 heterocycles. The van der Waals surface area contributed by atoms with Gasteiger partial charge in [0.15, 0.2) is 0 Å². The summed E-state index contributed by atoms with van der Waals surface area (Å²) in [5.74, 6) is -0.108. The fourth-order valence-corrected chi connectivity index (χ4v) is 3.84. The number of halogens is 1. The molecule has 6 nitrogen and oxygen atoms in total. The molecule has 1 N–H and O–H groups in total. The van der Waals surface area contributed by atoms with Gasteiger partial charge < -0.3 is 0 Å². The summed E-state index contributed by atoms with van der Waals surface area (Å²) in [7, 11) is -3.44. The van der Waals surface area contributed by atoms with Crippen molar-refractivity contribution in [2.24, 2.45) is 5.10 Å². The van der Waals surface area contributed by atoms with Gasteiger partial charge in [0.1, 0.15) is 0 Å². The van der Waals surface area contributed by atoms with E-state index >= 15 is 0 Å². The van der Waals surface area contributed by atoms with E-state index in [9.17, 15) is 13.2 Å². The zero-order chi connectivity index (χ0) is 19.6. The summed E-state index contributed by atoms with van der Waals surface area (Å²) in [6.45, 7) is 1.78. The number of anilines is 1. The van der Waals surface area contributed by atoms with E-state index in [2.05, 4.69) is 9.82 Å². The van der Waals surface area contributed by atoms with Crippen LogP contribution in [0.4, 0.5) is 5.69 Å². The minimum Gasteiger partial charge on any atom is -0.283 e. The quantitative estimate of drug-likeness (QED) is 0.821. The van der Waals surface area contributed by atoms with Crippen LogP contribution in [-0.4, -0.2) is 31.3 Å². The SMILES string of the molecule is CCC(=O)N1N=C(c2ccccc2NS(C)(=O)=O)CC1c1cccc(Cl)c1. The Hall–Kier alpha value is -2.38. The Balaban J connectivity index is 2.02. The van der Waals surface area contributed by atoms with Crippen LogP contribution in [0.5, 0.6) is 0 Å². The summed E-state index contributed by atoms with van der Waals surface area (Å²) >= 11 is 6.12. The first-order valence-electron chi connectivity index (χ1n) is 8.50. The second kappa shape index (κ2) is 7.70. The molecule has 0 saturated carbocycles. The van der Waals surface area contributed by atoms with Crippen molar-refractivity contribution in [3.8, 4) is 0 Å². The Morgan fingerprint density at radius 3 is 2.67 bits per heavy atom. The maximum Gasteiger partial charge on any atom is 0.242 e. The van der Waals surface area contributed by atoms with Crippen LogP contribution in [0.3, 0.4) is 0 Å². The molecule has 2 aromatic rings. The van der Waals surface area contributed by atoms with Crippen LogP contribution in [0.25, 0.3) is 0 Å². The van der Waals surface area contributed by atoms with Crippen LogP contribution in [0, 0.1) is 0 Å². The number of hydrazone groups is 1. The van der Waals surface area contributed by atoms with E-state index in [0.717, 1.165) is 11.8 Å². The molecule has 0 saturated heterocycles. The van der Waals surface area contributed by atoms with E-state index in [1.807, 2.05) is 24.3 Å². The van der Waals surface area contributed by atoms with Crippen LogP contribution in [0.15, 0.2) is 53.6 Å². The number of nitrogens with zero attached hydrogens (tertiary/aromatic N) is 2. The lowest BCUT2D eigenvalue weighted by molar-refractivity contribution is -0.132. The smallest absolute Gasteiger partial charge is 0.242 e. The number of nitrogens with one attached hydrogen (secondary N) is 1. The van der Waals surface area contributed by atoms with Crippen molar-refractivity contribution >= 4 is 38.9 Å². The van der Waals surface area contributed by atoms with Gasteiger partial charge in [-0.05, 0) is 23.8 Å².